The van der Waals surface area contributed by atoms with Gasteiger partial charge in [0.1, 0.15) is 11.2 Å². The summed E-state index contributed by atoms with van der Waals surface area (Å²) in [6.07, 6.45) is 6.78. The zero-order valence-electron chi connectivity index (χ0n) is 16.7. The van der Waals surface area contributed by atoms with Crippen LogP contribution in [0.15, 0.2) is 18.2 Å². The van der Waals surface area contributed by atoms with Crippen LogP contribution in [0.1, 0.15) is 61.7 Å². The molecule has 2 N–H and O–H groups in total. The van der Waals surface area contributed by atoms with Gasteiger partial charge in [-0.05, 0) is 44.2 Å². The number of piperidine rings is 1. The van der Waals surface area contributed by atoms with Crippen molar-refractivity contribution in [3.8, 4) is 0 Å². The van der Waals surface area contributed by atoms with Crippen molar-refractivity contribution in [3.63, 3.8) is 0 Å². The first-order valence-electron chi connectivity index (χ1n) is 10.4. The summed E-state index contributed by atoms with van der Waals surface area (Å²) in [5.41, 5.74) is 1.71. The largest absolute Gasteiger partial charge is 0.366 e. The molecule has 1 spiro atoms. The summed E-state index contributed by atoms with van der Waals surface area (Å²) < 4.78 is 0. The average molecular weight is 415 g/mol. The first kappa shape index (κ1) is 20.1. The van der Waals surface area contributed by atoms with Crippen LogP contribution in [0.25, 0.3) is 0 Å². The van der Waals surface area contributed by atoms with Crippen molar-refractivity contribution in [2.45, 2.75) is 56.9 Å². The van der Waals surface area contributed by atoms with Crippen molar-refractivity contribution in [3.05, 3.63) is 33.9 Å². The number of nitrogens with one attached hydrogen (secondary N) is 2. The van der Waals surface area contributed by atoms with Crippen LogP contribution in [-0.4, -0.2) is 46.4 Å². The fourth-order valence-corrected chi connectivity index (χ4v) is 4.60. The highest BCUT2D eigenvalue weighted by Crippen LogP contribution is 2.34. The summed E-state index contributed by atoms with van der Waals surface area (Å²) in [7, 11) is 0. The molecule has 0 aromatic heterocycles. The number of hydrogen-bond donors (Lipinski definition) is 2. The smallest absolute Gasteiger partial charge is 0.344 e. The van der Waals surface area contributed by atoms with Gasteiger partial charge >= 0.3 is 6.03 Å². The maximum absolute atomic E-state index is 12.8. The van der Waals surface area contributed by atoms with Gasteiger partial charge in [-0.15, -0.1) is 0 Å². The predicted octanol–water partition coefficient (Wildman–Crippen LogP) is 2.48. The third-order valence-electron chi connectivity index (χ3n) is 6.21. The Kier molecular flexibility index (Phi) is 5.31. The number of rotatable bonds is 4. The highest BCUT2D eigenvalue weighted by atomic mass is 16.6. The number of urea groups is 1. The van der Waals surface area contributed by atoms with E-state index in [9.17, 15) is 24.5 Å². The molecule has 4 amide bonds. The zero-order valence-corrected chi connectivity index (χ0v) is 16.7. The van der Waals surface area contributed by atoms with Crippen molar-refractivity contribution in [2.75, 3.05) is 18.0 Å². The molecule has 2 saturated heterocycles. The number of hydrazine groups is 1. The lowest BCUT2D eigenvalue weighted by atomic mass is 9.82. The van der Waals surface area contributed by atoms with Crippen molar-refractivity contribution >= 4 is 29.2 Å². The van der Waals surface area contributed by atoms with Crippen LogP contribution in [-0.2, 0) is 4.79 Å². The SMILES string of the molecule is O=C(NN1C(=O)NC2(CCCCC2)C1=O)c1ccc(N2CCCCC2)c([N+](=O)[O-])c1. The Morgan fingerprint density at radius 1 is 1.07 bits per heavy atom. The maximum Gasteiger partial charge on any atom is 0.344 e. The third-order valence-corrected chi connectivity index (χ3v) is 6.21. The molecule has 10 heteroatoms. The number of imide groups is 1. The molecule has 1 aromatic rings. The maximum atomic E-state index is 12.8. The fraction of sp³-hybridized carbons (Fsp3) is 0.550. The summed E-state index contributed by atoms with van der Waals surface area (Å²) >= 11 is 0. The van der Waals surface area contributed by atoms with Gasteiger partial charge in [0.25, 0.3) is 17.5 Å². The molecule has 0 radical (unpaired) electrons. The minimum absolute atomic E-state index is 0.0210. The molecule has 1 aromatic carbocycles. The number of nitro benzene ring substituents is 1. The van der Waals surface area contributed by atoms with E-state index in [1.165, 1.54) is 12.1 Å². The van der Waals surface area contributed by atoms with Crippen LogP contribution < -0.4 is 15.6 Å². The second-order valence-corrected chi connectivity index (χ2v) is 8.16. The van der Waals surface area contributed by atoms with E-state index in [4.69, 9.17) is 0 Å². The Labute approximate surface area is 173 Å². The number of benzene rings is 1. The lowest BCUT2D eigenvalue weighted by Gasteiger charge is -2.30. The van der Waals surface area contributed by atoms with Gasteiger partial charge in [0.2, 0.25) is 0 Å². The minimum atomic E-state index is -0.952. The van der Waals surface area contributed by atoms with Crippen LogP contribution in [0.5, 0.6) is 0 Å². The van der Waals surface area contributed by atoms with E-state index in [1.807, 2.05) is 4.90 Å². The van der Waals surface area contributed by atoms with Crippen molar-refractivity contribution in [2.24, 2.45) is 0 Å². The number of anilines is 1. The Morgan fingerprint density at radius 3 is 2.40 bits per heavy atom. The summed E-state index contributed by atoms with van der Waals surface area (Å²) in [4.78, 5) is 50.9. The molecule has 0 bridgehead atoms. The lowest BCUT2D eigenvalue weighted by molar-refractivity contribution is -0.384. The molecule has 10 nitrogen and oxygen atoms in total. The summed E-state index contributed by atoms with van der Waals surface area (Å²) in [6, 6.07) is 3.58. The summed E-state index contributed by atoms with van der Waals surface area (Å²) in [5, 5.41) is 15.0. The summed E-state index contributed by atoms with van der Waals surface area (Å²) in [6.45, 7) is 1.47. The standard InChI is InChI=1S/C20H25N5O5/c26-17(22-24-18(27)20(21-19(24)28)9-3-1-4-10-20)14-7-8-15(16(13-14)25(29)30)23-11-5-2-6-12-23/h7-8,13H,1-6,9-12H2,(H,21,28)(H,22,26). The van der Waals surface area contributed by atoms with E-state index in [0.717, 1.165) is 51.6 Å². The topological polar surface area (TPSA) is 125 Å². The van der Waals surface area contributed by atoms with Gasteiger partial charge < -0.3 is 10.2 Å². The molecule has 3 aliphatic rings. The Morgan fingerprint density at radius 2 is 1.73 bits per heavy atom. The Hall–Kier alpha value is -3.17. The molecule has 0 atom stereocenters. The Bertz CT molecular complexity index is 890. The van der Waals surface area contributed by atoms with E-state index in [2.05, 4.69) is 10.7 Å². The first-order valence-corrected chi connectivity index (χ1v) is 10.4. The number of carbonyl (C=O) groups excluding carboxylic acids is 3. The highest BCUT2D eigenvalue weighted by molar-refractivity contribution is 6.09. The fourth-order valence-electron chi connectivity index (χ4n) is 4.60. The predicted molar refractivity (Wildman–Crippen MR) is 108 cm³/mol. The van der Waals surface area contributed by atoms with Gasteiger partial charge in [0.15, 0.2) is 0 Å². The average Bonchev–Trinajstić information content (AvgIpc) is 2.98. The van der Waals surface area contributed by atoms with E-state index in [0.29, 0.717) is 23.5 Å². The minimum Gasteiger partial charge on any atom is -0.366 e. The number of nitro groups is 1. The van der Waals surface area contributed by atoms with Crippen LogP contribution in [0.3, 0.4) is 0 Å². The van der Waals surface area contributed by atoms with Crippen molar-refractivity contribution < 1.29 is 19.3 Å². The molecule has 1 aliphatic carbocycles. The van der Waals surface area contributed by atoms with Gasteiger partial charge in [0, 0.05) is 24.7 Å². The first-order chi connectivity index (χ1) is 14.4. The Balaban J connectivity index is 1.53. The van der Waals surface area contributed by atoms with Crippen LogP contribution in [0.2, 0.25) is 0 Å². The van der Waals surface area contributed by atoms with E-state index >= 15 is 0 Å². The quantitative estimate of drug-likeness (QED) is 0.442. The van der Waals surface area contributed by atoms with Gasteiger partial charge in [-0.1, -0.05) is 19.3 Å². The second kappa shape index (κ2) is 7.92. The highest BCUT2D eigenvalue weighted by Gasteiger charge is 2.52. The number of carbonyl (C=O) groups is 3. The molecule has 1 saturated carbocycles. The molecular weight excluding hydrogens is 390 g/mol. The van der Waals surface area contributed by atoms with E-state index in [1.54, 1.807) is 6.07 Å². The third kappa shape index (κ3) is 3.57. The van der Waals surface area contributed by atoms with Gasteiger partial charge in [-0.25, -0.2) is 4.79 Å². The van der Waals surface area contributed by atoms with Gasteiger partial charge in [-0.3, -0.25) is 25.1 Å². The van der Waals surface area contributed by atoms with Crippen LogP contribution in [0.4, 0.5) is 16.2 Å². The second-order valence-electron chi connectivity index (χ2n) is 8.16. The molecular formula is C20H25N5O5. The molecule has 0 unspecified atom stereocenters. The lowest BCUT2D eigenvalue weighted by Crippen LogP contribution is -2.50. The van der Waals surface area contributed by atoms with Crippen molar-refractivity contribution in [1.82, 2.24) is 15.8 Å². The molecule has 4 rings (SSSR count). The number of nitrogens with zero attached hydrogens (tertiary/aromatic N) is 3. The van der Waals surface area contributed by atoms with Crippen molar-refractivity contribution in [1.29, 1.82) is 0 Å². The number of hydrogen-bond acceptors (Lipinski definition) is 6. The summed E-state index contributed by atoms with van der Waals surface area (Å²) in [5.74, 6) is -1.21. The van der Waals surface area contributed by atoms with Gasteiger partial charge in [0.05, 0.1) is 4.92 Å². The molecule has 3 fully saturated rings. The molecule has 30 heavy (non-hydrogen) atoms. The monoisotopic (exact) mass is 415 g/mol. The molecule has 160 valence electrons. The van der Waals surface area contributed by atoms with Crippen LogP contribution >= 0.6 is 0 Å². The van der Waals surface area contributed by atoms with E-state index in [-0.39, 0.29) is 11.3 Å². The van der Waals surface area contributed by atoms with Crippen LogP contribution in [0, 0.1) is 10.1 Å². The zero-order chi connectivity index (χ0) is 21.3. The van der Waals surface area contributed by atoms with Gasteiger partial charge in [-0.2, -0.15) is 5.01 Å². The van der Waals surface area contributed by atoms with E-state index < -0.39 is 28.3 Å². The molecule has 2 heterocycles. The normalized spacial score (nSPS) is 20.9. The number of amides is 4. The molecule has 2 aliphatic heterocycles.